The first-order valence-corrected chi connectivity index (χ1v) is 6.02. The number of aliphatic hydroxyl groups excluding tert-OH is 1. The van der Waals surface area contributed by atoms with Gasteiger partial charge < -0.3 is 14.8 Å². The molecule has 0 aromatic rings. The van der Waals surface area contributed by atoms with E-state index in [0.29, 0.717) is 6.54 Å². The van der Waals surface area contributed by atoms with Crippen molar-refractivity contribution in [1.29, 1.82) is 0 Å². The van der Waals surface area contributed by atoms with Crippen LogP contribution in [0.2, 0.25) is 0 Å². The number of aliphatic hydroxyl groups is 1. The number of carbonyl (C=O) groups is 2. The van der Waals surface area contributed by atoms with Gasteiger partial charge in [0.25, 0.3) is 0 Å². The van der Waals surface area contributed by atoms with Crippen LogP contribution in [0.25, 0.3) is 0 Å². The highest BCUT2D eigenvalue weighted by atomic mass is 16.3. The summed E-state index contributed by atoms with van der Waals surface area (Å²) in [4.78, 5) is 23.9. The van der Waals surface area contributed by atoms with E-state index < -0.39 is 0 Å². The van der Waals surface area contributed by atoms with Gasteiger partial charge in [0.1, 0.15) is 6.29 Å². The van der Waals surface area contributed by atoms with E-state index >= 15 is 0 Å². The zero-order chi connectivity index (χ0) is 12.0. The molecule has 4 nitrogen and oxygen atoms in total. The minimum Gasteiger partial charge on any atom is -0.395 e. The van der Waals surface area contributed by atoms with Gasteiger partial charge in [0.15, 0.2) is 0 Å². The quantitative estimate of drug-likeness (QED) is 0.575. The summed E-state index contributed by atoms with van der Waals surface area (Å²) in [6, 6.07) is 0.203. The molecule has 1 N–H and O–H groups in total. The van der Waals surface area contributed by atoms with E-state index in [-0.39, 0.29) is 24.5 Å². The normalized spacial score (nSPS) is 25.9. The molecule has 0 spiro atoms. The molecule has 1 amide bonds. The molecule has 0 aromatic heterocycles. The smallest absolute Gasteiger partial charge is 0.219 e. The fourth-order valence-corrected chi connectivity index (χ4v) is 2.46. The lowest BCUT2D eigenvalue weighted by Gasteiger charge is -2.29. The molecule has 0 heterocycles. The molecule has 4 heteroatoms. The second-order valence-corrected chi connectivity index (χ2v) is 4.49. The van der Waals surface area contributed by atoms with Gasteiger partial charge in [-0.3, -0.25) is 4.79 Å². The van der Waals surface area contributed by atoms with Gasteiger partial charge in [-0.05, 0) is 25.7 Å². The molecule has 0 aliphatic heterocycles. The second-order valence-electron chi connectivity index (χ2n) is 4.49. The highest BCUT2D eigenvalue weighted by Gasteiger charge is 2.24. The third-order valence-electron chi connectivity index (χ3n) is 3.36. The molecule has 1 rings (SSSR count). The van der Waals surface area contributed by atoms with Gasteiger partial charge in [-0.15, -0.1) is 0 Å². The summed E-state index contributed by atoms with van der Waals surface area (Å²) in [5.41, 5.74) is 0. The van der Waals surface area contributed by atoms with Gasteiger partial charge in [0.2, 0.25) is 5.91 Å². The molecule has 1 saturated carbocycles. The van der Waals surface area contributed by atoms with Crippen molar-refractivity contribution >= 4 is 12.2 Å². The van der Waals surface area contributed by atoms with E-state index in [1.165, 1.54) is 6.92 Å². The van der Waals surface area contributed by atoms with Gasteiger partial charge in [-0.25, -0.2) is 0 Å². The first-order valence-electron chi connectivity index (χ1n) is 6.02. The fraction of sp³-hybridized carbons (Fsp3) is 0.833. The van der Waals surface area contributed by atoms with E-state index in [1.807, 2.05) is 0 Å². The topological polar surface area (TPSA) is 57.6 Å². The number of amides is 1. The summed E-state index contributed by atoms with van der Waals surface area (Å²) in [6.45, 7) is 1.96. The van der Waals surface area contributed by atoms with Crippen molar-refractivity contribution in [3.8, 4) is 0 Å². The number of nitrogens with zero attached hydrogens (tertiary/aromatic N) is 1. The lowest BCUT2D eigenvalue weighted by molar-refractivity contribution is -0.132. The third-order valence-corrected chi connectivity index (χ3v) is 3.36. The summed E-state index contributed by atoms with van der Waals surface area (Å²) < 4.78 is 0. The number of aldehydes is 1. The highest BCUT2D eigenvalue weighted by Crippen LogP contribution is 2.25. The van der Waals surface area contributed by atoms with Crippen molar-refractivity contribution in [2.45, 2.75) is 45.1 Å². The molecular formula is C12H21NO3. The molecule has 0 aromatic carbocycles. The molecule has 92 valence electrons. The summed E-state index contributed by atoms with van der Waals surface area (Å²) in [5.74, 6) is 0.177. The van der Waals surface area contributed by atoms with Crippen LogP contribution in [0, 0.1) is 5.92 Å². The van der Waals surface area contributed by atoms with Crippen LogP contribution in [0.3, 0.4) is 0 Å². The summed E-state index contributed by atoms with van der Waals surface area (Å²) >= 11 is 0. The summed E-state index contributed by atoms with van der Waals surface area (Å²) in [6.07, 6.45) is 5.65. The molecule has 1 aliphatic rings. The van der Waals surface area contributed by atoms with Crippen LogP contribution < -0.4 is 0 Å². The maximum atomic E-state index is 11.4. The van der Waals surface area contributed by atoms with Crippen molar-refractivity contribution in [1.82, 2.24) is 4.90 Å². The maximum absolute atomic E-state index is 11.4. The Morgan fingerprint density at radius 2 is 2.12 bits per heavy atom. The van der Waals surface area contributed by atoms with Crippen molar-refractivity contribution in [2.24, 2.45) is 5.92 Å². The second kappa shape index (κ2) is 6.63. The minimum atomic E-state index is 0.00713. The monoisotopic (exact) mass is 227 g/mol. The van der Waals surface area contributed by atoms with Crippen LogP contribution in [-0.2, 0) is 9.59 Å². The Morgan fingerprint density at radius 1 is 1.38 bits per heavy atom. The Morgan fingerprint density at radius 3 is 2.69 bits per heavy atom. The number of rotatable bonds is 4. The van der Waals surface area contributed by atoms with Crippen molar-refractivity contribution in [2.75, 3.05) is 13.2 Å². The van der Waals surface area contributed by atoms with E-state index in [1.54, 1.807) is 4.90 Å². The lowest BCUT2D eigenvalue weighted by Crippen LogP contribution is -2.40. The van der Waals surface area contributed by atoms with Crippen LogP contribution in [0.15, 0.2) is 0 Å². The standard InChI is InChI=1S/C12H21NO3/c1-10(16)13(7-8-14)12-4-2-3-11(9-15)5-6-12/h9,11-12,14H,2-8H2,1H3/t11-,12?/m1/s1. The predicted octanol–water partition coefficient (Wildman–Crippen LogP) is 0.975. The highest BCUT2D eigenvalue weighted by molar-refractivity contribution is 5.73. The van der Waals surface area contributed by atoms with Gasteiger partial charge in [-0.1, -0.05) is 6.42 Å². The fourth-order valence-electron chi connectivity index (χ4n) is 2.46. The molecule has 0 saturated heterocycles. The van der Waals surface area contributed by atoms with Gasteiger partial charge in [0.05, 0.1) is 6.61 Å². The number of carbonyl (C=O) groups excluding carboxylic acids is 2. The van der Waals surface area contributed by atoms with Crippen molar-refractivity contribution in [3.63, 3.8) is 0 Å². The SMILES string of the molecule is CC(=O)N(CCO)C1CCC[C@@H](C=O)CC1. The van der Waals surface area contributed by atoms with Gasteiger partial charge >= 0.3 is 0 Å². The Labute approximate surface area is 96.6 Å². The van der Waals surface area contributed by atoms with E-state index in [2.05, 4.69) is 0 Å². The Bertz CT molecular complexity index is 242. The van der Waals surface area contributed by atoms with E-state index in [9.17, 15) is 9.59 Å². The third kappa shape index (κ3) is 3.59. The Balaban J connectivity index is 2.56. The van der Waals surface area contributed by atoms with Gasteiger partial charge in [0, 0.05) is 25.4 Å². The lowest BCUT2D eigenvalue weighted by atomic mass is 10.0. The number of hydrogen-bond donors (Lipinski definition) is 1. The predicted molar refractivity (Wildman–Crippen MR) is 60.9 cm³/mol. The largest absolute Gasteiger partial charge is 0.395 e. The van der Waals surface area contributed by atoms with Crippen molar-refractivity contribution < 1.29 is 14.7 Å². The molecule has 2 atom stereocenters. The maximum Gasteiger partial charge on any atom is 0.219 e. The Hall–Kier alpha value is -0.900. The zero-order valence-corrected chi connectivity index (χ0v) is 9.89. The molecule has 1 fully saturated rings. The van der Waals surface area contributed by atoms with E-state index in [0.717, 1.165) is 38.4 Å². The molecule has 0 radical (unpaired) electrons. The van der Waals surface area contributed by atoms with Crippen LogP contribution in [0.5, 0.6) is 0 Å². The van der Waals surface area contributed by atoms with Crippen LogP contribution in [0.1, 0.15) is 39.0 Å². The summed E-state index contributed by atoms with van der Waals surface area (Å²) in [7, 11) is 0. The van der Waals surface area contributed by atoms with Crippen LogP contribution >= 0.6 is 0 Å². The van der Waals surface area contributed by atoms with Crippen LogP contribution in [-0.4, -0.2) is 41.4 Å². The molecule has 0 bridgehead atoms. The molecule has 1 aliphatic carbocycles. The molecule has 1 unspecified atom stereocenters. The first kappa shape index (κ1) is 13.2. The van der Waals surface area contributed by atoms with Crippen LogP contribution in [0.4, 0.5) is 0 Å². The first-order chi connectivity index (χ1) is 7.69. The van der Waals surface area contributed by atoms with E-state index in [4.69, 9.17) is 5.11 Å². The molecular weight excluding hydrogens is 206 g/mol. The average Bonchev–Trinajstić information content (AvgIpc) is 2.50. The number of hydrogen-bond acceptors (Lipinski definition) is 3. The minimum absolute atomic E-state index is 0.00713. The van der Waals surface area contributed by atoms with Crippen molar-refractivity contribution in [3.05, 3.63) is 0 Å². The van der Waals surface area contributed by atoms with Gasteiger partial charge in [-0.2, -0.15) is 0 Å². The average molecular weight is 227 g/mol. The zero-order valence-electron chi connectivity index (χ0n) is 9.89. The Kier molecular flexibility index (Phi) is 5.46. The molecule has 16 heavy (non-hydrogen) atoms. The summed E-state index contributed by atoms with van der Waals surface area (Å²) in [5, 5.41) is 8.93.